The highest BCUT2D eigenvalue weighted by Crippen LogP contribution is 2.39. The van der Waals surface area contributed by atoms with Crippen molar-refractivity contribution in [2.24, 2.45) is 10.9 Å². The van der Waals surface area contributed by atoms with E-state index in [9.17, 15) is 13.2 Å². The lowest BCUT2D eigenvalue weighted by Crippen LogP contribution is -2.15. The molecular weight excluding hydrogens is 299 g/mol. The van der Waals surface area contributed by atoms with Gasteiger partial charge in [-0.15, -0.1) is 0 Å². The zero-order valence-electron chi connectivity index (χ0n) is 11.4. The fourth-order valence-electron chi connectivity index (χ4n) is 1.93. The molecule has 0 amide bonds. The number of benzene rings is 1. The van der Waals surface area contributed by atoms with Gasteiger partial charge in [0.05, 0.1) is 12.7 Å². The molecular formula is C14H12F3N3O2. The second-order valence-electron chi connectivity index (χ2n) is 4.32. The summed E-state index contributed by atoms with van der Waals surface area (Å²) >= 11 is 0. The molecule has 1 aromatic heterocycles. The van der Waals surface area contributed by atoms with Crippen LogP contribution in [0.25, 0.3) is 11.1 Å². The van der Waals surface area contributed by atoms with Gasteiger partial charge in [0.1, 0.15) is 11.4 Å². The molecule has 0 bridgehead atoms. The average molecular weight is 311 g/mol. The van der Waals surface area contributed by atoms with Crippen molar-refractivity contribution >= 4 is 5.84 Å². The molecule has 0 saturated heterocycles. The number of hydrogen-bond acceptors (Lipinski definition) is 4. The highest BCUT2D eigenvalue weighted by atomic mass is 19.4. The van der Waals surface area contributed by atoms with Crippen LogP contribution in [0.4, 0.5) is 13.2 Å². The maximum Gasteiger partial charge on any atom is 0.417 e. The average Bonchev–Trinajstić information content (AvgIpc) is 2.52. The number of oxime groups is 1. The van der Waals surface area contributed by atoms with Crippen LogP contribution in [-0.4, -0.2) is 23.1 Å². The van der Waals surface area contributed by atoms with Crippen LogP contribution in [0.5, 0.6) is 5.75 Å². The van der Waals surface area contributed by atoms with Gasteiger partial charge in [0, 0.05) is 6.20 Å². The number of pyridine rings is 1. The van der Waals surface area contributed by atoms with Gasteiger partial charge in [0.2, 0.25) is 0 Å². The Labute approximate surface area is 123 Å². The highest BCUT2D eigenvalue weighted by molar-refractivity contribution is 5.96. The van der Waals surface area contributed by atoms with E-state index in [0.717, 1.165) is 6.07 Å². The van der Waals surface area contributed by atoms with Gasteiger partial charge in [-0.1, -0.05) is 11.2 Å². The summed E-state index contributed by atoms with van der Waals surface area (Å²) in [7, 11) is 1.29. The fraction of sp³-hybridized carbons (Fsp3) is 0.143. The van der Waals surface area contributed by atoms with Gasteiger partial charge in [-0.3, -0.25) is 4.98 Å². The first-order valence-corrected chi connectivity index (χ1v) is 6.06. The topological polar surface area (TPSA) is 80.7 Å². The third-order valence-electron chi connectivity index (χ3n) is 2.97. The molecule has 8 heteroatoms. The summed E-state index contributed by atoms with van der Waals surface area (Å²) in [6, 6.07) is 6.36. The lowest BCUT2D eigenvalue weighted by molar-refractivity contribution is -0.137. The molecule has 0 aliphatic carbocycles. The monoisotopic (exact) mass is 311 g/mol. The largest absolute Gasteiger partial charge is 0.497 e. The van der Waals surface area contributed by atoms with Crippen LogP contribution in [0, 0.1) is 0 Å². The van der Waals surface area contributed by atoms with Gasteiger partial charge in [-0.25, -0.2) is 0 Å². The van der Waals surface area contributed by atoms with E-state index >= 15 is 0 Å². The number of hydrogen-bond donors (Lipinski definition) is 2. The van der Waals surface area contributed by atoms with E-state index in [1.165, 1.54) is 37.6 Å². The van der Waals surface area contributed by atoms with Crippen molar-refractivity contribution in [3.63, 3.8) is 0 Å². The Morgan fingerprint density at radius 3 is 2.59 bits per heavy atom. The minimum atomic E-state index is -4.55. The van der Waals surface area contributed by atoms with Gasteiger partial charge in [-0.2, -0.15) is 13.2 Å². The molecule has 3 N–H and O–H groups in total. The number of halogens is 3. The molecule has 1 heterocycles. The number of nitrogens with two attached hydrogens (primary N) is 1. The van der Waals surface area contributed by atoms with Crippen LogP contribution < -0.4 is 10.5 Å². The Hall–Kier alpha value is -2.77. The van der Waals surface area contributed by atoms with E-state index in [0.29, 0.717) is 0 Å². The van der Waals surface area contributed by atoms with E-state index in [1.807, 2.05) is 0 Å². The zero-order chi connectivity index (χ0) is 16.3. The summed E-state index contributed by atoms with van der Waals surface area (Å²) in [5.74, 6) is -0.189. The third-order valence-corrected chi connectivity index (χ3v) is 2.97. The molecule has 0 spiro atoms. The van der Waals surface area contributed by atoms with E-state index < -0.39 is 11.7 Å². The van der Waals surface area contributed by atoms with E-state index in [1.54, 1.807) is 0 Å². The predicted octanol–water partition coefficient (Wildman–Crippen LogP) is 2.87. The number of ether oxygens (including phenoxy) is 1. The highest BCUT2D eigenvalue weighted by Gasteiger charge is 2.34. The number of aromatic nitrogens is 1. The van der Waals surface area contributed by atoms with Crippen molar-refractivity contribution in [2.75, 3.05) is 7.11 Å². The number of alkyl halides is 3. The van der Waals surface area contributed by atoms with Crippen LogP contribution in [0.2, 0.25) is 0 Å². The quantitative estimate of drug-likeness (QED) is 0.395. The first-order chi connectivity index (χ1) is 10.4. The molecule has 0 fully saturated rings. The van der Waals surface area contributed by atoms with Crippen LogP contribution >= 0.6 is 0 Å². The standard InChI is InChI=1S/C14H12F3N3O2/c1-22-9-2-3-10(11(7-9)14(15,16)17)8-4-5-19-12(6-8)13(18)20-21/h2-7,21H,1H3,(H2,18,20). The summed E-state index contributed by atoms with van der Waals surface area (Å²) in [5, 5.41) is 11.4. The van der Waals surface area contributed by atoms with Gasteiger partial charge >= 0.3 is 6.18 Å². The molecule has 0 aliphatic heterocycles. The lowest BCUT2D eigenvalue weighted by atomic mass is 9.99. The minimum absolute atomic E-state index is 0.0531. The van der Waals surface area contributed by atoms with Crippen LogP contribution in [-0.2, 0) is 6.18 Å². The van der Waals surface area contributed by atoms with Crippen LogP contribution in [0.1, 0.15) is 11.3 Å². The maximum absolute atomic E-state index is 13.2. The zero-order valence-corrected chi connectivity index (χ0v) is 11.4. The molecule has 1 aromatic carbocycles. The molecule has 5 nitrogen and oxygen atoms in total. The Morgan fingerprint density at radius 2 is 2.00 bits per heavy atom. The first kappa shape index (κ1) is 15.6. The Morgan fingerprint density at radius 1 is 1.27 bits per heavy atom. The molecule has 2 aromatic rings. The van der Waals surface area contributed by atoms with Crippen LogP contribution in [0.3, 0.4) is 0 Å². The summed E-state index contributed by atoms with van der Waals surface area (Å²) < 4.78 is 44.5. The van der Waals surface area contributed by atoms with E-state index in [4.69, 9.17) is 15.7 Å². The number of rotatable bonds is 3. The van der Waals surface area contributed by atoms with Crippen molar-refractivity contribution in [3.8, 4) is 16.9 Å². The number of nitrogens with zero attached hydrogens (tertiary/aromatic N) is 2. The molecule has 0 radical (unpaired) electrons. The van der Waals surface area contributed by atoms with Gasteiger partial charge in [-0.05, 0) is 35.4 Å². The second-order valence-corrected chi connectivity index (χ2v) is 4.32. The molecule has 0 saturated carbocycles. The SMILES string of the molecule is COc1ccc(-c2ccnc(/C(N)=N\O)c2)c(C(F)(F)F)c1. The predicted molar refractivity (Wildman–Crippen MR) is 73.7 cm³/mol. The van der Waals surface area contributed by atoms with E-state index in [-0.39, 0.29) is 28.4 Å². The van der Waals surface area contributed by atoms with Crippen molar-refractivity contribution in [1.82, 2.24) is 4.98 Å². The Balaban J connectivity index is 2.62. The molecule has 116 valence electrons. The Bertz CT molecular complexity index is 715. The van der Waals surface area contributed by atoms with Crippen molar-refractivity contribution < 1.29 is 23.1 Å². The molecule has 22 heavy (non-hydrogen) atoms. The van der Waals surface area contributed by atoms with E-state index in [2.05, 4.69) is 10.1 Å². The molecule has 0 atom stereocenters. The van der Waals surface area contributed by atoms with Crippen molar-refractivity contribution in [1.29, 1.82) is 0 Å². The van der Waals surface area contributed by atoms with Gasteiger partial charge in [0.25, 0.3) is 0 Å². The fourth-order valence-corrected chi connectivity index (χ4v) is 1.93. The van der Waals surface area contributed by atoms with Crippen molar-refractivity contribution in [3.05, 3.63) is 47.8 Å². The summed E-state index contributed by atoms with van der Waals surface area (Å²) in [6.07, 6.45) is -3.27. The third kappa shape index (κ3) is 3.11. The number of amidine groups is 1. The van der Waals surface area contributed by atoms with Crippen molar-refractivity contribution in [2.45, 2.75) is 6.18 Å². The van der Waals surface area contributed by atoms with Gasteiger partial charge < -0.3 is 15.7 Å². The minimum Gasteiger partial charge on any atom is -0.497 e. The normalized spacial score (nSPS) is 12.3. The number of methoxy groups -OCH3 is 1. The lowest BCUT2D eigenvalue weighted by Gasteiger charge is -2.14. The summed E-state index contributed by atoms with van der Waals surface area (Å²) in [5.41, 5.74) is 4.82. The molecule has 0 unspecified atom stereocenters. The first-order valence-electron chi connectivity index (χ1n) is 6.06. The summed E-state index contributed by atoms with van der Waals surface area (Å²) in [4.78, 5) is 3.84. The van der Waals surface area contributed by atoms with Gasteiger partial charge in [0.15, 0.2) is 5.84 Å². The Kier molecular flexibility index (Phi) is 4.20. The smallest absolute Gasteiger partial charge is 0.417 e. The summed E-state index contributed by atoms with van der Waals surface area (Å²) in [6.45, 7) is 0. The molecule has 0 aliphatic rings. The maximum atomic E-state index is 13.2. The molecule has 2 rings (SSSR count). The van der Waals surface area contributed by atoms with Crippen LogP contribution in [0.15, 0.2) is 41.7 Å². The second kappa shape index (κ2) is 5.92.